The predicted molar refractivity (Wildman–Crippen MR) is 118 cm³/mol. The van der Waals surface area contributed by atoms with Crippen LogP contribution in [0.4, 0.5) is 4.39 Å². The number of aromatic nitrogens is 1. The van der Waals surface area contributed by atoms with Crippen molar-refractivity contribution in [2.24, 2.45) is 0 Å². The summed E-state index contributed by atoms with van der Waals surface area (Å²) >= 11 is 0. The number of fused-ring (bicyclic) bond motifs is 3. The summed E-state index contributed by atoms with van der Waals surface area (Å²) < 4.78 is 23.2. The molecule has 0 bridgehead atoms. The molecule has 0 fully saturated rings. The number of hydrogen-bond donors (Lipinski definition) is 0. The van der Waals surface area contributed by atoms with Crippen LogP contribution in [-0.2, 0) is 6.54 Å². The van der Waals surface area contributed by atoms with Crippen molar-refractivity contribution in [2.75, 3.05) is 26.2 Å². The molecule has 0 N–H and O–H groups in total. The Bertz CT molecular complexity index is 1100. The van der Waals surface area contributed by atoms with Crippen LogP contribution in [0.2, 0.25) is 0 Å². The van der Waals surface area contributed by atoms with E-state index in [4.69, 9.17) is 4.74 Å². The van der Waals surface area contributed by atoms with Gasteiger partial charge in [-0.2, -0.15) is 0 Å². The average Bonchev–Trinajstić information content (AvgIpc) is 3.08. The smallest absolute Gasteiger partial charge is 0.147 e. The van der Waals surface area contributed by atoms with Gasteiger partial charge in [0.1, 0.15) is 18.2 Å². The Hall–Kier alpha value is -2.85. The van der Waals surface area contributed by atoms with E-state index in [9.17, 15) is 4.39 Å². The zero-order valence-electron chi connectivity index (χ0n) is 17.1. The van der Waals surface area contributed by atoms with Crippen LogP contribution >= 0.6 is 0 Å². The summed E-state index contributed by atoms with van der Waals surface area (Å²) in [6.45, 7) is 8.43. The van der Waals surface area contributed by atoms with E-state index in [2.05, 4.69) is 41.5 Å². The molecular weight excluding hydrogens is 363 g/mol. The lowest BCUT2D eigenvalue weighted by atomic mass is 10.1. The number of para-hydroxylation sites is 1. The number of likely N-dealkylation sites (N-methyl/N-ethyl adjacent to an activating group) is 1. The fraction of sp³-hybridized carbons (Fsp3) is 0.280. The molecule has 0 aliphatic heterocycles. The van der Waals surface area contributed by atoms with E-state index in [0.29, 0.717) is 18.7 Å². The summed E-state index contributed by atoms with van der Waals surface area (Å²) in [6.07, 6.45) is 0. The second kappa shape index (κ2) is 8.66. The average molecular weight is 391 g/mol. The van der Waals surface area contributed by atoms with Crippen LogP contribution in [0.5, 0.6) is 5.75 Å². The van der Waals surface area contributed by atoms with Crippen LogP contribution in [-0.4, -0.2) is 35.7 Å². The van der Waals surface area contributed by atoms with Gasteiger partial charge in [0, 0.05) is 23.9 Å². The van der Waals surface area contributed by atoms with Crippen molar-refractivity contribution in [3.63, 3.8) is 0 Å². The van der Waals surface area contributed by atoms with Gasteiger partial charge in [0.05, 0.1) is 11.0 Å². The predicted octanol–water partition coefficient (Wildman–Crippen LogP) is 5.70. The minimum atomic E-state index is -0.205. The van der Waals surface area contributed by atoms with Crippen molar-refractivity contribution < 1.29 is 9.13 Å². The van der Waals surface area contributed by atoms with Gasteiger partial charge in [0.2, 0.25) is 0 Å². The fourth-order valence-electron chi connectivity index (χ4n) is 4.00. The summed E-state index contributed by atoms with van der Waals surface area (Å²) in [5.74, 6) is 0.612. The molecule has 4 rings (SSSR count). The maximum absolute atomic E-state index is 14.9. The van der Waals surface area contributed by atoms with Gasteiger partial charge in [-0.25, -0.2) is 4.39 Å². The molecule has 0 radical (unpaired) electrons. The third kappa shape index (κ3) is 3.85. The first-order chi connectivity index (χ1) is 14.2. The molecule has 4 heteroatoms. The van der Waals surface area contributed by atoms with Crippen molar-refractivity contribution in [1.29, 1.82) is 0 Å². The first-order valence-corrected chi connectivity index (χ1v) is 10.3. The fourth-order valence-corrected chi connectivity index (χ4v) is 4.00. The molecule has 0 amide bonds. The summed E-state index contributed by atoms with van der Waals surface area (Å²) in [6, 6.07) is 21.5. The van der Waals surface area contributed by atoms with Gasteiger partial charge in [-0.15, -0.1) is 0 Å². The molecule has 4 aromatic rings. The Morgan fingerprint density at radius 1 is 0.897 bits per heavy atom. The molecule has 0 spiro atoms. The molecule has 3 nitrogen and oxygen atoms in total. The summed E-state index contributed by atoms with van der Waals surface area (Å²) in [5, 5.41) is 1.88. The molecule has 1 heterocycles. The number of rotatable bonds is 8. The summed E-state index contributed by atoms with van der Waals surface area (Å²) in [7, 11) is 0. The maximum atomic E-state index is 14.9. The topological polar surface area (TPSA) is 17.4 Å². The number of benzene rings is 3. The van der Waals surface area contributed by atoms with Crippen molar-refractivity contribution >= 4 is 21.8 Å². The summed E-state index contributed by atoms with van der Waals surface area (Å²) in [4.78, 5) is 2.33. The molecule has 3 aromatic carbocycles. The largest absolute Gasteiger partial charge is 0.492 e. The molecule has 0 saturated heterocycles. The molecular formula is C25H27FN2O. The van der Waals surface area contributed by atoms with Gasteiger partial charge < -0.3 is 14.2 Å². The van der Waals surface area contributed by atoms with Gasteiger partial charge in [0.15, 0.2) is 0 Å². The van der Waals surface area contributed by atoms with Crippen molar-refractivity contribution in [2.45, 2.75) is 20.4 Å². The zero-order valence-corrected chi connectivity index (χ0v) is 17.1. The Balaban J connectivity index is 1.79. The molecule has 1 aromatic heterocycles. The maximum Gasteiger partial charge on any atom is 0.147 e. The first kappa shape index (κ1) is 19.5. The highest BCUT2D eigenvalue weighted by Crippen LogP contribution is 2.37. The van der Waals surface area contributed by atoms with E-state index in [1.807, 2.05) is 36.4 Å². The van der Waals surface area contributed by atoms with E-state index in [-0.39, 0.29) is 5.82 Å². The van der Waals surface area contributed by atoms with Gasteiger partial charge >= 0.3 is 0 Å². The third-order valence-electron chi connectivity index (χ3n) is 5.56. The number of hydrogen-bond acceptors (Lipinski definition) is 2. The quantitative estimate of drug-likeness (QED) is 0.384. The van der Waals surface area contributed by atoms with Gasteiger partial charge in [-0.05, 0) is 36.9 Å². The van der Waals surface area contributed by atoms with Crippen LogP contribution in [0.25, 0.3) is 21.8 Å². The van der Waals surface area contributed by atoms with Gasteiger partial charge in [-0.3, -0.25) is 0 Å². The van der Waals surface area contributed by atoms with E-state index in [1.54, 1.807) is 6.07 Å². The highest BCUT2D eigenvalue weighted by molar-refractivity contribution is 6.11. The van der Waals surface area contributed by atoms with Crippen LogP contribution in [0.1, 0.15) is 19.4 Å². The lowest BCUT2D eigenvalue weighted by Gasteiger charge is -2.18. The first-order valence-electron chi connectivity index (χ1n) is 10.3. The second-order valence-corrected chi connectivity index (χ2v) is 7.23. The third-order valence-corrected chi connectivity index (χ3v) is 5.56. The molecule has 0 aliphatic rings. The monoisotopic (exact) mass is 390 g/mol. The number of ether oxygens (including phenoxy) is 1. The molecule has 29 heavy (non-hydrogen) atoms. The van der Waals surface area contributed by atoms with E-state index in [0.717, 1.165) is 47.2 Å². The Morgan fingerprint density at radius 3 is 2.41 bits per heavy atom. The standard InChI is InChI=1S/C25H27FN2O/c1-3-27(4-2)16-17-29-23-15-9-14-22-24(23)20-12-8-13-21(26)25(20)28(22)18-19-10-6-5-7-11-19/h5-15H,3-4,16-18H2,1-2H3. The molecule has 0 unspecified atom stereocenters. The zero-order chi connectivity index (χ0) is 20.2. The minimum absolute atomic E-state index is 0.205. The molecule has 0 atom stereocenters. The highest BCUT2D eigenvalue weighted by Gasteiger charge is 2.17. The Kier molecular flexibility index (Phi) is 5.81. The van der Waals surface area contributed by atoms with Crippen molar-refractivity contribution in [1.82, 2.24) is 9.47 Å². The Labute approximate surface area is 171 Å². The number of halogens is 1. The van der Waals surface area contributed by atoms with Crippen molar-refractivity contribution in [3.8, 4) is 5.75 Å². The van der Waals surface area contributed by atoms with Gasteiger partial charge in [0.25, 0.3) is 0 Å². The molecule has 0 aliphatic carbocycles. The Morgan fingerprint density at radius 2 is 1.66 bits per heavy atom. The normalized spacial score (nSPS) is 11.6. The van der Waals surface area contributed by atoms with E-state index >= 15 is 0 Å². The van der Waals surface area contributed by atoms with Crippen LogP contribution in [0, 0.1) is 5.82 Å². The van der Waals surface area contributed by atoms with Crippen LogP contribution in [0.3, 0.4) is 0 Å². The number of nitrogens with zero attached hydrogens (tertiary/aromatic N) is 2. The summed E-state index contributed by atoms with van der Waals surface area (Å²) in [5.41, 5.74) is 2.77. The lowest BCUT2D eigenvalue weighted by molar-refractivity contribution is 0.224. The molecule has 0 saturated carbocycles. The lowest BCUT2D eigenvalue weighted by Crippen LogP contribution is -2.27. The van der Waals surface area contributed by atoms with Crippen LogP contribution < -0.4 is 4.74 Å². The SMILES string of the molecule is CCN(CC)CCOc1cccc2c1c1cccc(F)c1n2Cc1ccccc1. The van der Waals surface area contributed by atoms with Crippen molar-refractivity contribution in [3.05, 3.63) is 78.1 Å². The second-order valence-electron chi connectivity index (χ2n) is 7.23. The highest BCUT2D eigenvalue weighted by atomic mass is 19.1. The van der Waals surface area contributed by atoms with Crippen LogP contribution in [0.15, 0.2) is 66.7 Å². The van der Waals surface area contributed by atoms with Gasteiger partial charge in [-0.1, -0.05) is 62.4 Å². The minimum Gasteiger partial charge on any atom is -0.492 e. The van der Waals surface area contributed by atoms with E-state index in [1.165, 1.54) is 6.07 Å². The molecule has 150 valence electrons. The van der Waals surface area contributed by atoms with E-state index < -0.39 is 0 Å².